The van der Waals surface area contributed by atoms with Gasteiger partial charge in [-0.15, -0.1) is 0 Å². The predicted molar refractivity (Wildman–Crippen MR) is 101 cm³/mol. The normalized spacial score (nSPS) is 13.9. The van der Waals surface area contributed by atoms with Crippen molar-refractivity contribution in [1.82, 2.24) is 5.48 Å². The molecule has 0 saturated carbocycles. The molecule has 0 aromatic heterocycles. The second-order valence-electron chi connectivity index (χ2n) is 6.24. The van der Waals surface area contributed by atoms with Crippen molar-refractivity contribution < 1.29 is 24.0 Å². The molecule has 3 N–H and O–H groups in total. The van der Waals surface area contributed by atoms with Crippen LogP contribution in [-0.2, 0) is 14.2 Å². The Hall–Kier alpha value is -1.20. The molecule has 144 valence electrons. The van der Waals surface area contributed by atoms with Gasteiger partial charge in [-0.2, -0.15) is 0 Å². The van der Waals surface area contributed by atoms with Gasteiger partial charge < -0.3 is 9.79 Å². The van der Waals surface area contributed by atoms with Crippen LogP contribution in [0.2, 0.25) is 0 Å². The van der Waals surface area contributed by atoms with Crippen LogP contribution < -0.4 is 5.48 Å². The number of carbonyl (C=O) groups is 1. The molecule has 0 rings (SSSR count). The lowest BCUT2D eigenvalue weighted by molar-refractivity contribution is -0.130. The third-order valence-corrected chi connectivity index (χ3v) is 4.37. The number of nitrogens with one attached hydrogen (secondary N) is 1. The number of amides is 1. The van der Waals surface area contributed by atoms with E-state index in [0.717, 1.165) is 37.7 Å². The molecular formula is C18H32NO5P. The van der Waals surface area contributed by atoms with E-state index in [2.05, 4.69) is 32.9 Å². The fourth-order valence-corrected chi connectivity index (χ4v) is 2.41. The van der Waals surface area contributed by atoms with Crippen molar-refractivity contribution in [1.29, 1.82) is 0 Å². The molecule has 0 aromatic carbocycles. The molecule has 0 heterocycles. The Bertz CT molecular complexity index is 546. The van der Waals surface area contributed by atoms with Gasteiger partial charge in [0.2, 0.25) is 0 Å². The summed E-state index contributed by atoms with van der Waals surface area (Å²) in [6.07, 6.45) is 10.6. The van der Waals surface area contributed by atoms with E-state index in [9.17, 15) is 9.36 Å². The first kappa shape index (κ1) is 23.8. The number of allylic oxidation sites excluding steroid dienone is 5. The van der Waals surface area contributed by atoms with Gasteiger partial charge in [-0.1, -0.05) is 41.9 Å². The van der Waals surface area contributed by atoms with Gasteiger partial charge in [0.1, 0.15) is 6.16 Å². The highest BCUT2D eigenvalue weighted by atomic mass is 31.2. The summed E-state index contributed by atoms with van der Waals surface area (Å²) in [6.45, 7) is 8.62. The van der Waals surface area contributed by atoms with Gasteiger partial charge in [-0.05, 0) is 52.9 Å². The molecule has 1 amide bonds. The fourth-order valence-electron chi connectivity index (χ4n) is 1.97. The molecule has 7 heteroatoms. The van der Waals surface area contributed by atoms with E-state index in [4.69, 9.17) is 14.6 Å². The molecule has 25 heavy (non-hydrogen) atoms. The monoisotopic (exact) mass is 373 g/mol. The largest absolute Gasteiger partial charge is 0.334 e. The summed E-state index contributed by atoms with van der Waals surface area (Å²) in [7, 11) is -4.35. The third kappa shape index (κ3) is 16.0. The average Bonchev–Trinajstić information content (AvgIpc) is 2.49. The van der Waals surface area contributed by atoms with Crippen LogP contribution in [0.5, 0.6) is 0 Å². The number of hydroxylamine groups is 1. The minimum absolute atomic E-state index is 0.169. The summed E-state index contributed by atoms with van der Waals surface area (Å²) in [4.78, 5) is 33.3. The number of rotatable bonds is 12. The van der Waals surface area contributed by atoms with Gasteiger partial charge in [0, 0.05) is 0 Å². The Morgan fingerprint density at radius 3 is 2.04 bits per heavy atom. The third-order valence-electron chi connectivity index (χ3n) is 3.67. The maximum atomic E-state index is 11.1. The van der Waals surface area contributed by atoms with E-state index < -0.39 is 19.7 Å². The van der Waals surface area contributed by atoms with Crippen molar-refractivity contribution in [2.75, 3.05) is 12.8 Å². The van der Waals surface area contributed by atoms with Crippen molar-refractivity contribution in [2.24, 2.45) is 0 Å². The van der Waals surface area contributed by atoms with E-state index >= 15 is 0 Å². The van der Waals surface area contributed by atoms with Crippen molar-refractivity contribution in [3.8, 4) is 0 Å². The molecule has 0 unspecified atom stereocenters. The first-order valence-electron chi connectivity index (χ1n) is 8.56. The summed E-state index contributed by atoms with van der Waals surface area (Å²) in [5, 5.41) is 0. The molecule has 0 spiro atoms. The second-order valence-corrected chi connectivity index (χ2v) is 7.89. The topological polar surface area (TPSA) is 95.9 Å². The van der Waals surface area contributed by atoms with Crippen LogP contribution in [-0.4, -0.2) is 28.5 Å². The standard InChI is InChI=1S/C18H32NO5P/c1-5-15(2)8-6-9-16(3)10-7-11-17(4)12-13-24-19-18(20)14-25(21,22)23/h8,10,12H,5-7,9,11,13-14H2,1-4H3,(H,19,20)(H2,21,22,23)/b15-8+,16-10+,17-12+. The van der Waals surface area contributed by atoms with Crippen LogP contribution in [0.25, 0.3) is 0 Å². The minimum atomic E-state index is -4.35. The lowest BCUT2D eigenvalue weighted by atomic mass is 10.1. The molecular weight excluding hydrogens is 341 g/mol. The maximum absolute atomic E-state index is 11.1. The molecule has 0 atom stereocenters. The molecule has 0 saturated heterocycles. The molecule has 0 aliphatic heterocycles. The summed E-state index contributed by atoms with van der Waals surface area (Å²) in [6, 6.07) is 0. The lowest BCUT2D eigenvalue weighted by Gasteiger charge is -2.06. The zero-order valence-electron chi connectivity index (χ0n) is 15.7. The molecule has 0 radical (unpaired) electrons. The minimum Gasteiger partial charge on any atom is -0.324 e. The van der Waals surface area contributed by atoms with Crippen molar-refractivity contribution in [2.45, 2.75) is 59.8 Å². The maximum Gasteiger partial charge on any atom is 0.334 e. The first-order chi connectivity index (χ1) is 11.6. The Labute approximate surface area is 151 Å². The lowest BCUT2D eigenvalue weighted by Crippen LogP contribution is -2.26. The summed E-state index contributed by atoms with van der Waals surface area (Å²) < 4.78 is 10.6. The van der Waals surface area contributed by atoms with Crippen LogP contribution in [0.15, 0.2) is 34.9 Å². The Balaban J connectivity index is 3.96. The van der Waals surface area contributed by atoms with Crippen LogP contribution in [0.4, 0.5) is 0 Å². The van der Waals surface area contributed by atoms with Gasteiger partial charge in [0.15, 0.2) is 0 Å². The highest BCUT2D eigenvalue weighted by Crippen LogP contribution is 2.33. The fraction of sp³-hybridized carbons (Fsp3) is 0.611. The Morgan fingerprint density at radius 1 is 1.00 bits per heavy atom. The zero-order chi connectivity index (χ0) is 19.3. The summed E-state index contributed by atoms with van der Waals surface area (Å²) in [5.41, 5.74) is 5.96. The highest BCUT2D eigenvalue weighted by molar-refractivity contribution is 7.52. The van der Waals surface area contributed by atoms with Crippen molar-refractivity contribution in [3.63, 3.8) is 0 Å². The zero-order valence-corrected chi connectivity index (χ0v) is 16.6. The Kier molecular flexibility index (Phi) is 12.4. The number of carbonyl (C=O) groups excluding carboxylic acids is 1. The van der Waals surface area contributed by atoms with Gasteiger partial charge in [-0.3, -0.25) is 14.2 Å². The average molecular weight is 373 g/mol. The number of hydrogen-bond donors (Lipinski definition) is 3. The molecule has 0 aliphatic carbocycles. The smallest absolute Gasteiger partial charge is 0.324 e. The van der Waals surface area contributed by atoms with E-state index in [1.165, 1.54) is 11.1 Å². The van der Waals surface area contributed by atoms with Crippen LogP contribution in [0.1, 0.15) is 59.8 Å². The first-order valence-corrected chi connectivity index (χ1v) is 10.4. The van der Waals surface area contributed by atoms with Crippen molar-refractivity contribution >= 4 is 13.5 Å². The molecule has 0 bridgehead atoms. The SMILES string of the molecule is CC/C(C)=C/CC/C(C)=C/CC/C(C)=C/CONC(=O)CP(=O)(O)O. The predicted octanol–water partition coefficient (Wildman–Crippen LogP) is 4.02. The Morgan fingerprint density at radius 2 is 1.52 bits per heavy atom. The van der Waals surface area contributed by atoms with Crippen molar-refractivity contribution in [3.05, 3.63) is 34.9 Å². The number of hydrogen-bond acceptors (Lipinski definition) is 3. The summed E-state index contributed by atoms with van der Waals surface area (Å²) >= 11 is 0. The summed E-state index contributed by atoms with van der Waals surface area (Å²) in [5.74, 6) is -0.828. The van der Waals surface area contributed by atoms with E-state index in [1.807, 2.05) is 18.5 Å². The second kappa shape index (κ2) is 13.1. The van der Waals surface area contributed by atoms with Gasteiger partial charge in [-0.25, -0.2) is 5.48 Å². The van der Waals surface area contributed by atoms with Gasteiger partial charge in [0.05, 0.1) is 6.61 Å². The van der Waals surface area contributed by atoms with Crippen LogP contribution in [0, 0.1) is 0 Å². The molecule has 0 aliphatic rings. The van der Waals surface area contributed by atoms with Gasteiger partial charge >= 0.3 is 7.60 Å². The highest BCUT2D eigenvalue weighted by Gasteiger charge is 2.18. The molecule has 0 aromatic rings. The molecule has 0 fully saturated rings. The quantitative estimate of drug-likeness (QED) is 0.208. The molecule has 6 nitrogen and oxygen atoms in total. The van der Waals surface area contributed by atoms with E-state index in [0.29, 0.717) is 0 Å². The van der Waals surface area contributed by atoms with Crippen LogP contribution in [0.3, 0.4) is 0 Å². The van der Waals surface area contributed by atoms with Gasteiger partial charge in [0.25, 0.3) is 5.91 Å². The van der Waals surface area contributed by atoms with E-state index in [-0.39, 0.29) is 6.61 Å². The van der Waals surface area contributed by atoms with Crippen LogP contribution >= 0.6 is 7.60 Å². The van der Waals surface area contributed by atoms with E-state index in [1.54, 1.807) is 0 Å².